The zero-order chi connectivity index (χ0) is 21.6. The molecule has 0 radical (unpaired) electrons. The molecule has 0 spiro atoms. The summed E-state index contributed by atoms with van der Waals surface area (Å²) >= 11 is 6.23. The van der Waals surface area contributed by atoms with Crippen molar-refractivity contribution in [3.8, 4) is 5.75 Å². The van der Waals surface area contributed by atoms with Gasteiger partial charge in [-0.25, -0.2) is 8.42 Å². The number of carbonyl (C=O) groups excluding carboxylic acids is 1. The summed E-state index contributed by atoms with van der Waals surface area (Å²) in [5.74, 6) is 0.239. The molecule has 1 aromatic heterocycles. The highest BCUT2D eigenvalue weighted by Crippen LogP contribution is 2.34. The molecular weight excluding hydrogens is 426 g/mol. The Labute approximate surface area is 180 Å². The molecule has 0 fully saturated rings. The first-order valence-corrected chi connectivity index (χ1v) is 10.8. The van der Waals surface area contributed by atoms with Gasteiger partial charge < -0.3 is 15.4 Å². The minimum Gasteiger partial charge on any atom is -0.497 e. The van der Waals surface area contributed by atoms with Crippen molar-refractivity contribution < 1.29 is 17.9 Å². The molecule has 0 aliphatic heterocycles. The van der Waals surface area contributed by atoms with Crippen molar-refractivity contribution in [2.24, 2.45) is 0 Å². The standard InChI is InChI=1S/C21H20ClN3O4S/c1-29-16-7-9-17(10-8-16)30(27,28)21-18(22)5-2-6-19(21)24-14-20(26)25-13-15-4-3-11-23-12-15/h2-12,24H,13-14H2,1H3,(H,25,26). The second-order valence-electron chi connectivity index (χ2n) is 6.29. The second-order valence-corrected chi connectivity index (χ2v) is 8.58. The number of benzene rings is 2. The summed E-state index contributed by atoms with van der Waals surface area (Å²) in [6.45, 7) is 0.201. The number of halogens is 1. The lowest BCUT2D eigenvalue weighted by atomic mass is 10.3. The number of pyridine rings is 1. The Morgan fingerprint density at radius 3 is 2.53 bits per heavy atom. The molecule has 7 nitrogen and oxygen atoms in total. The van der Waals surface area contributed by atoms with E-state index in [0.717, 1.165) is 5.56 Å². The fourth-order valence-electron chi connectivity index (χ4n) is 2.74. The topological polar surface area (TPSA) is 97.4 Å². The lowest BCUT2D eigenvalue weighted by Gasteiger charge is -2.14. The first-order valence-electron chi connectivity index (χ1n) is 8.99. The van der Waals surface area contributed by atoms with Crippen LogP contribution in [0.1, 0.15) is 5.56 Å². The van der Waals surface area contributed by atoms with Crippen molar-refractivity contribution in [1.82, 2.24) is 10.3 Å². The molecule has 0 saturated heterocycles. The number of rotatable bonds is 8. The lowest BCUT2D eigenvalue weighted by molar-refractivity contribution is -0.119. The summed E-state index contributed by atoms with van der Waals surface area (Å²) in [5.41, 5.74) is 1.10. The van der Waals surface area contributed by atoms with Gasteiger partial charge in [0.1, 0.15) is 10.6 Å². The molecule has 0 atom stereocenters. The molecular formula is C21H20ClN3O4S. The van der Waals surface area contributed by atoms with Gasteiger partial charge in [-0.3, -0.25) is 9.78 Å². The summed E-state index contributed by atoms with van der Waals surface area (Å²) in [7, 11) is -2.42. The third kappa shape index (κ3) is 5.08. The monoisotopic (exact) mass is 445 g/mol. The first-order chi connectivity index (χ1) is 14.4. The smallest absolute Gasteiger partial charge is 0.239 e. The van der Waals surface area contributed by atoms with E-state index < -0.39 is 9.84 Å². The summed E-state index contributed by atoms with van der Waals surface area (Å²) in [6, 6.07) is 14.3. The molecule has 0 saturated carbocycles. The number of ether oxygens (including phenoxy) is 1. The Kier molecular flexibility index (Phi) is 6.91. The van der Waals surface area contributed by atoms with E-state index in [4.69, 9.17) is 16.3 Å². The number of amides is 1. The molecule has 0 bridgehead atoms. The van der Waals surface area contributed by atoms with Crippen LogP contribution in [0.25, 0.3) is 0 Å². The van der Waals surface area contributed by atoms with Crippen molar-refractivity contribution in [2.45, 2.75) is 16.3 Å². The second kappa shape index (κ2) is 9.60. The van der Waals surface area contributed by atoms with Gasteiger partial charge in [0.05, 0.1) is 29.3 Å². The Morgan fingerprint density at radius 1 is 1.10 bits per heavy atom. The van der Waals surface area contributed by atoms with E-state index in [1.165, 1.54) is 25.3 Å². The van der Waals surface area contributed by atoms with Crippen LogP contribution in [0.3, 0.4) is 0 Å². The average molecular weight is 446 g/mol. The van der Waals surface area contributed by atoms with Crippen LogP contribution >= 0.6 is 11.6 Å². The largest absolute Gasteiger partial charge is 0.497 e. The number of sulfone groups is 1. The maximum atomic E-state index is 13.2. The quantitative estimate of drug-likeness (QED) is 0.552. The van der Waals surface area contributed by atoms with Gasteiger partial charge in [0.2, 0.25) is 15.7 Å². The van der Waals surface area contributed by atoms with Gasteiger partial charge in [-0.1, -0.05) is 23.7 Å². The van der Waals surface area contributed by atoms with E-state index in [-0.39, 0.29) is 33.0 Å². The lowest BCUT2D eigenvalue weighted by Crippen LogP contribution is -2.29. The average Bonchev–Trinajstić information content (AvgIpc) is 2.76. The molecule has 2 N–H and O–H groups in total. The molecule has 1 amide bonds. The molecule has 3 rings (SSSR count). The van der Waals surface area contributed by atoms with E-state index in [9.17, 15) is 13.2 Å². The van der Waals surface area contributed by atoms with Crippen molar-refractivity contribution in [3.63, 3.8) is 0 Å². The van der Waals surface area contributed by atoms with Crippen LogP contribution in [0, 0.1) is 0 Å². The van der Waals surface area contributed by atoms with Gasteiger partial charge in [0, 0.05) is 18.9 Å². The van der Waals surface area contributed by atoms with Crippen LogP contribution < -0.4 is 15.4 Å². The number of nitrogens with one attached hydrogen (secondary N) is 2. The predicted octanol–water partition coefficient (Wildman–Crippen LogP) is 3.30. The Morgan fingerprint density at radius 2 is 1.87 bits per heavy atom. The van der Waals surface area contributed by atoms with Crippen molar-refractivity contribution in [1.29, 1.82) is 0 Å². The Balaban J connectivity index is 1.76. The van der Waals surface area contributed by atoms with Crippen LogP contribution in [0.15, 0.2) is 76.8 Å². The molecule has 0 unspecified atom stereocenters. The van der Waals surface area contributed by atoms with E-state index in [1.807, 2.05) is 6.07 Å². The van der Waals surface area contributed by atoms with E-state index in [1.54, 1.807) is 42.7 Å². The SMILES string of the molecule is COc1ccc(S(=O)(=O)c2c(Cl)cccc2NCC(=O)NCc2cccnc2)cc1. The van der Waals surface area contributed by atoms with E-state index in [2.05, 4.69) is 15.6 Å². The highest BCUT2D eigenvalue weighted by Gasteiger charge is 2.25. The van der Waals surface area contributed by atoms with Crippen LogP contribution in [0.2, 0.25) is 5.02 Å². The van der Waals surface area contributed by atoms with Crippen molar-refractivity contribution >= 4 is 33.0 Å². The number of hydrogen-bond acceptors (Lipinski definition) is 6. The Bertz CT molecular complexity index is 1120. The van der Waals surface area contributed by atoms with Crippen LogP contribution in [-0.4, -0.2) is 33.0 Å². The Hall–Kier alpha value is -3.10. The van der Waals surface area contributed by atoms with Gasteiger partial charge in [-0.15, -0.1) is 0 Å². The van der Waals surface area contributed by atoms with Gasteiger partial charge in [0.25, 0.3) is 0 Å². The summed E-state index contributed by atoms with van der Waals surface area (Å²) in [5, 5.41) is 5.68. The minimum absolute atomic E-state index is 0.0617. The molecule has 30 heavy (non-hydrogen) atoms. The third-order valence-corrected chi connectivity index (χ3v) is 6.55. The summed E-state index contributed by atoms with van der Waals surface area (Å²) < 4.78 is 31.4. The fourth-order valence-corrected chi connectivity index (χ4v) is 4.70. The summed E-state index contributed by atoms with van der Waals surface area (Å²) in [4.78, 5) is 16.2. The van der Waals surface area contributed by atoms with Crippen molar-refractivity contribution in [2.75, 3.05) is 19.0 Å². The summed E-state index contributed by atoms with van der Waals surface area (Å²) in [6.07, 6.45) is 3.31. The highest BCUT2D eigenvalue weighted by atomic mass is 35.5. The zero-order valence-corrected chi connectivity index (χ0v) is 17.7. The molecule has 0 aliphatic carbocycles. The normalized spacial score (nSPS) is 11.0. The van der Waals surface area contributed by atoms with Gasteiger partial charge in [0.15, 0.2) is 0 Å². The van der Waals surface area contributed by atoms with Gasteiger partial charge >= 0.3 is 0 Å². The number of nitrogens with zero attached hydrogens (tertiary/aromatic N) is 1. The van der Waals surface area contributed by atoms with Gasteiger partial charge in [-0.05, 0) is 48.0 Å². The molecule has 0 aliphatic rings. The maximum Gasteiger partial charge on any atom is 0.239 e. The fraction of sp³-hybridized carbons (Fsp3) is 0.143. The van der Waals surface area contributed by atoms with Crippen LogP contribution in [0.4, 0.5) is 5.69 Å². The van der Waals surface area contributed by atoms with Crippen LogP contribution in [0.5, 0.6) is 5.75 Å². The molecule has 1 heterocycles. The number of methoxy groups -OCH3 is 1. The van der Waals surface area contributed by atoms with Gasteiger partial charge in [-0.2, -0.15) is 0 Å². The molecule has 3 aromatic rings. The maximum absolute atomic E-state index is 13.2. The van der Waals surface area contributed by atoms with Crippen molar-refractivity contribution in [3.05, 3.63) is 77.6 Å². The molecule has 156 valence electrons. The highest BCUT2D eigenvalue weighted by molar-refractivity contribution is 7.91. The predicted molar refractivity (Wildman–Crippen MR) is 114 cm³/mol. The third-order valence-electron chi connectivity index (χ3n) is 4.26. The number of carbonyl (C=O) groups is 1. The van der Waals surface area contributed by atoms with E-state index >= 15 is 0 Å². The number of aromatic nitrogens is 1. The minimum atomic E-state index is -3.92. The zero-order valence-electron chi connectivity index (χ0n) is 16.1. The number of hydrogen-bond donors (Lipinski definition) is 2. The number of anilines is 1. The molecule has 9 heteroatoms. The molecule has 2 aromatic carbocycles. The van der Waals surface area contributed by atoms with E-state index in [0.29, 0.717) is 12.3 Å². The van der Waals surface area contributed by atoms with Crippen LogP contribution in [-0.2, 0) is 21.2 Å². The first kappa shape index (κ1) is 21.6.